The molecule has 2 aromatic carbocycles. The van der Waals surface area contributed by atoms with Gasteiger partial charge in [0.15, 0.2) is 11.5 Å². The summed E-state index contributed by atoms with van der Waals surface area (Å²) in [5, 5.41) is 0. The van der Waals surface area contributed by atoms with Gasteiger partial charge >= 0.3 is 12.1 Å². The number of oxazole rings is 1. The Hall–Kier alpha value is -2.83. The summed E-state index contributed by atoms with van der Waals surface area (Å²) in [6.07, 6.45) is -4.45. The fourth-order valence-electron chi connectivity index (χ4n) is 2.05. The first-order valence-corrected chi connectivity index (χ1v) is 6.59. The number of halogens is 3. The molecule has 118 valence electrons. The number of benzene rings is 2. The lowest BCUT2D eigenvalue weighted by Crippen LogP contribution is -2.10. The average Bonchev–Trinajstić information content (AvgIpc) is 2.86. The molecule has 0 spiro atoms. The predicted molar refractivity (Wildman–Crippen MR) is 75.1 cm³/mol. The third-order valence-electron chi connectivity index (χ3n) is 3.12. The van der Waals surface area contributed by atoms with Crippen LogP contribution in [0.5, 0.6) is 5.75 Å². The molecular weight excluding hydrogens is 311 g/mol. The smallest absolute Gasteiger partial charge is 0.416 e. The summed E-state index contributed by atoms with van der Waals surface area (Å²) in [6.45, 7) is 1.69. The minimum atomic E-state index is -4.45. The second-order valence-electron chi connectivity index (χ2n) is 4.83. The minimum absolute atomic E-state index is 0.0226. The number of rotatable bonds is 2. The van der Waals surface area contributed by atoms with E-state index in [1.807, 2.05) is 0 Å². The largest absolute Gasteiger partial charge is 0.441 e. The molecule has 3 aromatic rings. The molecule has 0 fully saturated rings. The van der Waals surface area contributed by atoms with Crippen molar-refractivity contribution in [3.8, 4) is 5.75 Å². The molecule has 1 heterocycles. The van der Waals surface area contributed by atoms with E-state index in [1.54, 1.807) is 13.0 Å². The van der Waals surface area contributed by atoms with Gasteiger partial charge in [-0.1, -0.05) is 0 Å². The first kappa shape index (κ1) is 15.1. The summed E-state index contributed by atoms with van der Waals surface area (Å²) in [5.74, 6) is -0.0415. The molecule has 0 radical (unpaired) electrons. The van der Waals surface area contributed by atoms with Gasteiger partial charge in [-0.25, -0.2) is 9.78 Å². The standard InChI is InChI=1S/C16H10F3NO3/c1-9-20-13-8-12(6-7-14(13)22-9)23-15(21)10-2-4-11(5-3-10)16(17,18)19/h2-8H,1H3. The van der Waals surface area contributed by atoms with Crippen molar-refractivity contribution in [3.05, 3.63) is 59.5 Å². The fraction of sp³-hybridized carbons (Fsp3) is 0.125. The Morgan fingerprint density at radius 1 is 1.13 bits per heavy atom. The van der Waals surface area contributed by atoms with Crippen LogP contribution in [0.2, 0.25) is 0 Å². The highest BCUT2D eigenvalue weighted by Gasteiger charge is 2.30. The van der Waals surface area contributed by atoms with Crippen LogP contribution in [0.25, 0.3) is 11.1 Å². The van der Waals surface area contributed by atoms with Crippen LogP contribution in [0.4, 0.5) is 13.2 Å². The number of nitrogens with zero attached hydrogens (tertiary/aromatic N) is 1. The van der Waals surface area contributed by atoms with E-state index in [0.29, 0.717) is 17.0 Å². The highest BCUT2D eigenvalue weighted by atomic mass is 19.4. The van der Waals surface area contributed by atoms with Gasteiger partial charge in [-0.05, 0) is 36.4 Å². The number of alkyl halides is 3. The van der Waals surface area contributed by atoms with E-state index < -0.39 is 17.7 Å². The van der Waals surface area contributed by atoms with Crippen molar-refractivity contribution in [1.82, 2.24) is 4.98 Å². The van der Waals surface area contributed by atoms with Crippen LogP contribution in [0.3, 0.4) is 0 Å². The van der Waals surface area contributed by atoms with E-state index in [4.69, 9.17) is 9.15 Å². The topological polar surface area (TPSA) is 52.3 Å². The molecule has 0 amide bonds. The number of hydrogen-bond acceptors (Lipinski definition) is 4. The highest BCUT2D eigenvalue weighted by molar-refractivity contribution is 5.91. The van der Waals surface area contributed by atoms with Gasteiger partial charge in [-0.3, -0.25) is 0 Å². The van der Waals surface area contributed by atoms with Crippen LogP contribution in [0.1, 0.15) is 21.8 Å². The number of aromatic nitrogens is 1. The Morgan fingerprint density at radius 3 is 2.48 bits per heavy atom. The zero-order valence-corrected chi connectivity index (χ0v) is 11.8. The summed E-state index contributed by atoms with van der Waals surface area (Å²) < 4.78 is 47.9. The van der Waals surface area contributed by atoms with Crippen molar-refractivity contribution >= 4 is 17.1 Å². The van der Waals surface area contributed by atoms with Crippen molar-refractivity contribution in [1.29, 1.82) is 0 Å². The Labute approximate surface area is 128 Å². The van der Waals surface area contributed by atoms with Gasteiger partial charge in [0.25, 0.3) is 0 Å². The SMILES string of the molecule is Cc1nc2cc(OC(=O)c3ccc(C(F)(F)F)cc3)ccc2o1. The van der Waals surface area contributed by atoms with Gasteiger partial charge in [0.2, 0.25) is 0 Å². The highest BCUT2D eigenvalue weighted by Crippen LogP contribution is 2.29. The van der Waals surface area contributed by atoms with Crippen molar-refractivity contribution in [2.75, 3.05) is 0 Å². The van der Waals surface area contributed by atoms with Crippen molar-refractivity contribution in [2.45, 2.75) is 13.1 Å². The van der Waals surface area contributed by atoms with E-state index in [9.17, 15) is 18.0 Å². The normalized spacial score (nSPS) is 11.7. The summed E-state index contributed by atoms with van der Waals surface area (Å²) in [6, 6.07) is 8.46. The van der Waals surface area contributed by atoms with Crippen LogP contribution in [-0.4, -0.2) is 11.0 Å². The molecule has 0 aliphatic carbocycles. The van der Waals surface area contributed by atoms with Crippen LogP contribution < -0.4 is 4.74 Å². The lowest BCUT2D eigenvalue weighted by Gasteiger charge is -2.07. The Morgan fingerprint density at radius 2 is 1.83 bits per heavy atom. The van der Waals surface area contributed by atoms with Crippen molar-refractivity contribution < 1.29 is 27.1 Å². The molecule has 23 heavy (non-hydrogen) atoms. The zero-order valence-electron chi connectivity index (χ0n) is 11.8. The number of esters is 1. The molecule has 3 rings (SSSR count). The van der Waals surface area contributed by atoms with Crippen LogP contribution >= 0.6 is 0 Å². The van der Waals surface area contributed by atoms with Gasteiger partial charge in [0.1, 0.15) is 11.3 Å². The molecule has 0 bridgehead atoms. The number of carbonyl (C=O) groups is 1. The monoisotopic (exact) mass is 321 g/mol. The number of hydrogen-bond donors (Lipinski definition) is 0. The first-order valence-electron chi connectivity index (χ1n) is 6.59. The second-order valence-corrected chi connectivity index (χ2v) is 4.83. The Bertz CT molecular complexity index is 866. The van der Waals surface area contributed by atoms with E-state index >= 15 is 0 Å². The van der Waals surface area contributed by atoms with Crippen LogP contribution in [0, 0.1) is 6.92 Å². The molecule has 0 aliphatic heterocycles. The predicted octanol–water partition coefficient (Wildman–Crippen LogP) is 4.37. The van der Waals surface area contributed by atoms with Crippen LogP contribution in [0.15, 0.2) is 46.9 Å². The summed E-state index contributed by atoms with van der Waals surface area (Å²) >= 11 is 0. The average molecular weight is 321 g/mol. The van der Waals surface area contributed by atoms with Crippen molar-refractivity contribution in [3.63, 3.8) is 0 Å². The van der Waals surface area contributed by atoms with Gasteiger partial charge in [0.05, 0.1) is 11.1 Å². The number of fused-ring (bicyclic) bond motifs is 1. The molecular formula is C16H10F3NO3. The molecule has 0 atom stereocenters. The molecule has 4 nitrogen and oxygen atoms in total. The third-order valence-corrected chi connectivity index (χ3v) is 3.12. The maximum atomic E-state index is 12.5. The molecule has 0 aliphatic rings. The van der Waals surface area contributed by atoms with Gasteiger partial charge in [-0.2, -0.15) is 13.2 Å². The van der Waals surface area contributed by atoms with Gasteiger partial charge in [0, 0.05) is 13.0 Å². The van der Waals surface area contributed by atoms with Crippen molar-refractivity contribution in [2.24, 2.45) is 0 Å². The van der Waals surface area contributed by atoms with E-state index in [-0.39, 0.29) is 11.3 Å². The maximum absolute atomic E-state index is 12.5. The zero-order chi connectivity index (χ0) is 16.6. The number of aryl methyl sites for hydroxylation is 1. The van der Waals surface area contributed by atoms with E-state index in [1.165, 1.54) is 12.1 Å². The fourth-order valence-corrected chi connectivity index (χ4v) is 2.05. The Kier molecular flexibility index (Phi) is 3.55. The minimum Gasteiger partial charge on any atom is -0.441 e. The quantitative estimate of drug-likeness (QED) is 0.519. The lowest BCUT2D eigenvalue weighted by atomic mass is 10.1. The number of carbonyl (C=O) groups excluding carboxylic acids is 1. The van der Waals surface area contributed by atoms with Crippen LogP contribution in [-0.2, 0) is 6.18 Å². The lowest BCUT2D eigenvalue weighted by molar-refractivity contribution is -0.137. The molecule has 0 unspecified atom stereocenters. The summed E-state index contributed by atoms with van der Waals surface area (Å²) in [7, 11) is 0. The van der Waals surface area contributed by atoms with Gasteiger partial charge < -0.3 is 9.15 Å². The molecule has 1 aromatic heterocycles. The summed E-state index contributed by atoms with van der Waals surface area (Å²) in [5.41, 5.74) is 0.278. The maximum Gasteiger partial charge on any atom is 0.416 e. The Balaban J connectivity index is 1.79. The van der Waals surface area contributed by atoms with Gasteiger partial charge in [-0.15, -0.1) is 0 Å². The molecule has 7 heteroatoms. The van der Waals surface area contributed by atoms with E-state index in [2.05, 4.69) is 4.98 Å². The second kappa shape index (κ2) is 5.42. The molecule has 0 saturated carbocycles. The molecule has 0 saturated heterocycles. The molecule has 0 N–H and O–H groups in total. The summed E-state index contributed by atoms with van der Waals surface area (Å²) in [4.78, 5) is 16.1. The first-order chi connectivity index (χ1) is 10.8. The van der Waals surface area contributed by atoms with E-state index in [0.717, 1.165) is 24.3 Å². The third kappa shape index (κ3) is 3.18. The number of ether oxygens (including phenoxy) is 1.